The number of hydrogen-bond donors (Lipinski definition) is 2. The number of amides is 2. The predicted octanol–water partition coefficient (Wildman–Crippen LogP) is 3.21. The Balaban J connectivity index is 1.84. The van der Waals surface area contributed by atoms with Gasteiger partial charge >= 0.3 is 0 Å². The summed E-state index contributed by atoms with van der Waals surface area (Å²) < 4.78 is -0.290. The summed E-state index contributed by atoms with van der Waals surface area (Å²) in [6, 6.07) is 16.5. The van der Waals surface area contributed by atoms with Crippen LogP contribution in [-0.2, 0) is 9.59 Å². The fourth-order valence-corrected chi connectivity index (χ4v) is 3.37. The van der Waals surface area contributed by atoms with Gasteiger partial charge in [0, 0.05) is 11.1 Å². The maximum Gasteiger partial charge on any atom is 0.255 e. The van der Waals surface area contributed by atoms with E-state index in [0.717, 1.165) is 0 Å². The average Bonchev–Trinajstić information content (AvgIpc) is 2.73. The third kappa shape index (κ3) is 4.02. The van der Waals surface area contributed by atoms with Crippen molar-refractivity contribution in [2.45, 2.75) is 0 Å². The second-order valence-corrected chi connectivity index (χ2v) is 7.26. The van der Waals surface area contributed by atoms with E-state index in [1.54, 1.807) is 60.7 Å². The van der Waals surface area contributed by atoms with E-state index in [0.29, 0.717) is 11.1 Å². The quantitative estimate of drug-likeness (QED) is 0.626. The zero-order chi connectivity index (χ0) is 20.3. The number of nitrogens with one attached hydrogen (secondary N) is 2. The minimum absolute atomic E-state index is 0.145. The molecule has 2 N–H and O–H groups in total. The standard InChI is InChI=1S/C20H12Br2N2O4/c21-13-15(23-19(27)11-7-3-1-4-8-11)17(25)14(22)16(18(13)26)24-20(28)12-9-5-2-6-10-12/h1-10H,(H,23,27)(H,24,28). The molecule has 0 aliphatic heterocycles. The third-order valence-electron chi connectivity index (χ3n) is 3.84. The SMILES string of the molecule is O=C1C(Br)=C(NC(=O)c2ccccc2)C(=O)C(Br)=C1NC(=O)c1ccccc1. The summed E-state index contributed by atoms with van der Waals surface area (Å²) in [6.07, 6.45) is 0. The van der Waals surface area contributed by atoms with Gasteiger partial charge in [-0.25, -0.2) is 0 Å². The van der Waals surface area contributed by atoms with Crippen molar-refractivity contribution >= 4 is 55.2 Å². The number of benzene rings is 2. The Morgan fingerprint density at radius 3 is 1.25 bits per heavy atom. The molecular formula is C20H12Br2N2O4. The van der Waals surface area contributed by atoms with Gasteiger partial charge in [0.2, 0.25) is 11.6 Å². The van der Waals surface area contributed by atoms with Gasteiger partial charge in [-0.2, -0.15) is 0 Å². The Hall–Kier alpha value is -2.84. The van der Waals surface area contributed by atoms with Crippen molar-refractivity contribution in [1.82, 2.24) is 10.6 Å². The molecule has 28 heavy (non-hydrogen) atoms. The second-order valence-electron chi connectivity index (χ2n) is 5.68. The van der Waals surface area contributed by atoms with Crippen LogP contribution in [0.25, 0.3) is 0 Å². The van der Waals surface area contributed by atoms with E-state index in [1.807, 2.05) is 0 Å². The fourth-order valence-electron chi connectivity index (χ4n) is 2.42. The molecule has 2 aromatic rings. The Morgan fingerprint density at radius 2 is 0.929 bits per heavy atom. The second kappa shape index (κ2) is 8.45. The molecule has 1 aliphatic carbocycles. The number of carbonyl (C=O) groups excluding carboxylic acids is 4. The molecular weight excluding hydrogens is 492 g/mol. The fraction of sp³-hybridized carbons (Fsp3) is 0. The first-order chi connectivity index (χ1) is 13.4. The van der Waals surface area contributed by atoms with Crippen molar-refractivity contribution in [3.8, 4) is 0 Å². The Kier molecular flexibility index (Phi) is 6.01. The van der Waals surface area contributed by atoms with Crippen molar-refractivity contribution in [3.63, 3.8) is 0 Å². The van der Waals surface area contributed by atoms with Crippen molar-refractivity contribution in [2.75, 3.05) is 0 Å². The molecule has 0 fully saturated rings. The minimum atomic E-state index is -0.640. The first-order valence-corrected chi connectivity index (χ1v) is 9.60. The lowest BCUT2D eigenvalue weighted by Gasteiger charge is -2.19. The highest BCUT2D eigenvalue weighted by Gasteiger charge is 2.34. The highest BCUT2D eigenvalue weighted by Crippen LogP contribution is 2.29. The molecule has 0 aromatic heterocycles. The van der Waals surface area contributed by atoms with Crippen LogP contribution in [0.4, 0.5) is 0 Å². The van der Waals surface area contributed by atoms with Crippen LogP contribution in [0.3, 0.4) is 0 Å². The highest BCUT2D eigenvalue weighted by molar-refractivity contribution is 9.12. The molecule has 0 unspecified atom stereocenters. The van der Waals surface area contributed by atoms with Gasteiger partial charge in [-0.05, 0) is 56.1 Å². The monoisotopic (exact) mass is 502 g/mol. The van der Waals surface area contributed by atoms with E-state index >= 15 is 0 Å². The minimum Gasteiger partial charge on any atom is -0.318 e. The topological polar surface area (TPSA) is 92.3 Å². The summed E-state index contributed by atoms with van der Waals surface area (Å²) in [4.78, 5) is 50.0. The summed E-state index contributed by atoms with van der Waals surface area (Å²) in [5.41, 5.74) is 0.254. The van der Waals surface area contributed by atoms with Crippen LogP contribution in [0, 0.1) is 0 Å². The van der Waals surface area contributed by atoms with Gasteiger partial charge in [0.25, 0.3) is 11.8 Å². The molecule has 0 radical (unpaired) electrons. The lowest BCUT2D eigenvalue weighted by atomic mass is 10.0. The molecule has 0 heterocycles. The van der Waals surface area contributed by atoms with E-state index in [4.69, 9.17) is 0 Å². The zero-order valence-electron chi connectivity index (χ0n) is 14.2. The maximum atomic E-state index is 12.7. The number of hydrogen-bond acceptors (Lipinski definition) is 4. The maximum absolute atomic E-state index is 12.7. The van der Waals surface area contributed by atoms with Gasteiger partial charge in [-0.3, -0.25) is 19.2 Å². The summed E-state index contributed by atoms with van der Waals surface area (Å²) in [5.74, 6) is -2.35. The van der Waals surface area contributed by atoms with E-state index in [1.165, 1.54) is 0 Å². The zero-order valence-corrected chi connectivity index (χ0v) is 17.3. The molecule has 3 rings (SSSR count). The van der Waals surface area contributed by atoms with Crippen molar-refractivity contribution in [1.29, 1.82) is 0 Å². The van der Waals surface area contributed by atoms with Crippen LogP contribution in [0.15, 0.2) is 81.0 Å². The van der Waals surface area contributed by atoms with E-state index in [9.17, 15) is 19.2 Å². The van der Waals surface area contributed by atoms with E-state index in [-0.39, 0.29) is 20.4 Å². The largest absolute Gasteiger partial charge is 0.318 e. The number of rotatable bonds is 4. The average molecular weight is 504 g/mol. The molecule has 8 heteroatoms. The van der Waals surface area contributed by atoms with Gasteiger partial charge in [0.15, 0.2) is 0 Å². The molecule has 140 valence electrons. The van der Waals surface area contributed by atoms with Crippen LogP contribution in [0.5, 0.6) is 0 Å². The number of carbonyl (C=O) groups is 4. The first-order valence-electron chi connectivity index (χ1n) is 8.02. The molecule has 6 nitrogen and oxygen atoms in total. The molecule has 0 spiro atoms. The lowest BCUT2D eigenvalue weighted by Crippen LogP contribution is -2.37. The van der Waals surface area contributed by atoms with E-state index < -0.39 is 23.4 Å². The van der Waals surface area contributed by atoms with Gasteiger partial charge in [-0.1, -0.05) is 36.4 Å². The van der Waals surface area contributed by atoms with Crippen molar-refractivity contribution in [2.24, 2.45) is 0 Å². The molecule has 2 aromatic carbocycles. The Labute approximate surface area is 177 Å². The summed E-state index contributed by atoms with van der Waals surface area (Å²) in [6.45, 7) is 0. The smallest absolute Gasteiger partial charge is 0.255 e. The molecule has 2 amide bonds. The van der Waals surface area contributed by atoms with Crippen molar-refractivity contribution in [3.05, 3.63) is 92.1 Å². The summed E-state index contributed by atoms with van der Waals surface area (Å²) in [5, 5.41) is 4.90. The van der Waals surface area contributed by atoms with Crippen LogP contribution < -0.4 is 10.6 Å². The molecule has 0 atom stereocenters. The highest BCUT2D eigenvalue weighted by atomic mass is 79.9. The van der Waals surface area contributed by atoms with Gasteiger partial charge < -0.3 is 10.6 Å². The Morgan fingerprint density at radius 1 is 0.607 bits per heavy atom. The van der Waals surface area contributed by atoms with Crippen LogP contribution >= 0.6 is 31.9 Å². The van der Waals surface area contributed by atoms with Gasteiger partial charge in [0.1, 0.15) is 11.4 Å². The first kappa shape index (κ1) is 19.9. The van der Waals surface area contributed by atoms with E-state index in [2.05, 4.69) is 42.5 Å². The van der Waals surface area contributed by atoms with Crippen LogP contribution in [-0.4, -0.2) is 23.4 Å². The third-order valence-corrected chi connectivity index (χ3v) is 5.35. The van der Waals surface area contributed by atoms with Gasteiger partial charge in [0.05, 0.1) is 8.96 Å². The summed E-state index contributed by atoms with van der Waals surface area (Å²) >= 11 is 6.13. The summed E-state index contributed by atoms with van der Waals surface area (Å²) in [7, 11) is 0. The number of halogens is 2. The Bertz CT molecular complexity index is 959. The molecule has 0 bridgehead atoms. The molecule has 0 saturated carbocycles. The van der Waals surface area contributed by atoms with Gasteiger partial charge in [-0.15, -0.1) is 0 Å². The normalized spacial score (nSPS) is 14.2. The molecule has 0 saturated heterocycles. The van der Waals surface area contributed by atoms with Crippen LogP contribution in [0.1, 0.15) is 20.7 Å². The number of ketones is 2. The predicted molar refractivity (Wildman–Crippen MR) is 110 cm³/mol. The van der Waals surface area contributed by atoms with Crippen molar-refractivity contribution < 1.29 is 19.2 Å². The number of Topliss-reactive ketones (excluding diaryl/α,β-unsaturated/α-hetero) is 2. The number of allylic oxidation sites excluding steroid dienone is 2. The molecule has 1 aliphatic rings. The lowest BCUT2D eigenvalue weighted by molar-refractivity contribution is -0.115. The van der Waals surface area contributed by atoms with Crippen LogP contribution in [0.2, 0.25) is 0 Å².